The monoisotopic (exact) mass is 402 g/mol. The van der Waals surface area contributed by atoms with Crippen LogP contribution in [0, 0.1) is 0 Å². The normalized spacial score (nSPS) is 13.9. The molecule has 4 rings (SSSR count). The molecule has 3 nitrogen and oxygen atoms in total. The van der Waals surface area contributed by atoms with Gasteiger partial charge in [-0.2, -0.15) is 0 Å². The SMILES string of the molecule is O=C(Nc1ccc(N2CCCCC2)cc1)c1ccc(CSc2ccccc2)cc1. The molecule has 1 N–H and O–H groups in total. The smallest absolute Gasteiger partial charge is 0.255 e. The Balaban J connectivity index is 1.32. The lowest BCUT2D eigenvalue weighted by atomic mass is 10.1. The van der Waals surface area contributed by atoms with E-state index >= 15 is 0 Å². The second-order valence-corrected chi connectivity index (χ2v) is 8.40. The third-order valence-corrected chi connectivity index (χ3v) is 6.29. The van der Waals surface area contributed by atoms with Crippen LogP contribution in [0.2, 0.25) is 0 Å². The minimum Gasteiger partial charge on any atom is -0.372 e. The van der Waals surface area contributed by atoms with E-state index in [0.29, 0.717) is 5.56 Å². The molecule has 1 aliphatic rings. The van der Waals surface area contributed by atoms with E-state index in [9.17, 15) is 4.79 Å². The number of piperidine rings is 1. The van der Waals surface area contributed by atoms with Gasteiger partial charge in [0.25, 0.3) is 5.91 Å². The summed E-state index contributed by atoms with van der Waals surface area (Å²) in [6.45, 7) is 2.25. The fourth-order valence-corrected chi connectivity index (χ4v) is 4.42. The highest BCUT2D eigenvalue weighted by atomic mass is 32.2. The molecule has 1 heterocycles. The molecule has 0 aromatic heterocycles. The molecule has 0 spiro atoms. The summed E-state index contributed by atoms with van der Waals surface area (Å²) in [5.74, 6) is 0.821. The second-order valence-electron chi connectivity index (χ2n) is 7.35. The minimum absolute atomic E-state index is 0.0713. The lowest BCUT2D eigenvalue weighted by Crippen LogP contribution is -2.29. The fraction of sp³-hybridized carbons (Fsp3) is 0.240. The average molecular weight is 403 g/mol. The molecule has 0 unspecified atom stereocenters. The molecule has 0 saturated carbocycles. The van der Waals surface area contributed by atoms with E-state index < -0.39 is 0 Å². The van der Waals surface area contributed by atoms with E-state index in [1.807, 2.05) is 42.5 Å². The number of carbonyl (C=O) groups excluding carboxylic acids is 1. The van der Waals surface area contributed by atoms with E-state index in [1.165, 1.54) is 35.4 Å². The fourth-order valence-electron chi connectivity index (χ4n) is 3.55. The van der Waals surface area contributed by atoms with E-state index in [1.54, 1.807) is 11.8 Å². The zero-order valence-electron chi connectivity index (χ0n) is 16.5. The van der Waals surface area contributed by atoms with Crippen LogP contribution in [0.25, 0.3) is 0 Å². The second kappa shape index (κ2) is 9.66. The number of nitrogens with one attached hydrogen (secondary N) is 1. The molecular formula is C25H26N2OS. The topological polar surface area (TPSA) is 32.3 Å². The van der Waals surface area contributed by atoms with Crippen molar-refractivity contribution in [2.75, 3.05) is 23.3 Å². The van der Waals surface area contributed by atoms with Gasteiger partial charge < -0.3 is 10.2 Å². The number of nitrogens with zero attached hydrogens (tertiary/aromatic N) is 1. The van der Waals surface area contributed by atoms with E-state index in [4.69, 9.17) is 0 Å². The van der Waals surface area contributed by atoms with Crippen molar-refractivity contribution in [1.82, 2.24) is 0 Å². The number of benzene rings is 3. The molecule has 1 saturated heterocycles. The Morgan fingerprint density at radius 1 is 0.828 bits per heavy atom. The van der Waals surface area contributed by atoms with Gasteiger partial charge in [0.15, 0.2) is 0 Å². The quantitative estimate of drug-likeness (QED) is 0.497. The van der Waals surface area contributed by atoms with Crippen molar-refractivity contribution >= 4 is 29.0 Å². The maximum atomic E-state index is 12.6. The molecule has 0 bridgehead atoms. The summed E-state index contributed by atoms with van der Waals surface area (Å²) in [5, 5.41) is 3.00. The Bertz CT molecular complexity index is 917. The summed E-state index contributed by atoms with van der Waals surface area (Å²) in [6, 6.07) is 26.4. The van der Waals surface area contributed by atoms with Gasteiger partial charge in [-0.15, -0.1) is 11.8 Å². The highest BCUT2D eigenvalue weighted by Gasteiger charge is 2.11. The zero-order valence-corrected chi connectivity index (χ0v) is 17.3. The first-order valence-corrected chi connectivity index (χ1v) is 11.2. The first-order valence-electron chi connectivity index (χ1n) is 10.2. The van der Waals surface area contributed by atoms with Crippen molar-refractivity contribution in [2.45, 2.75) is 29.9 Å². The lowest BCUT2D eigenvalue weighted by molar-refractivity contribution is 0.102. The largest absolute Gasteiger partial charge is 0.372 e. The predicted molar refractivity (Wildman–Crippen MR) is 123 cm³/mol. The molecule has 0 radical (unpaired) electrons. The summed E-state index contributed by atoms with van der Waals surface area (Å²) in [6.07, 6.45) is 3.85. The van der Waals surface area contributed by atoms with Crippen molar-refractivity contribution < 1.29 is 4.79 Å². The Morgan fingerprint density at radius 3 is 2.21 bits per heavy atom. The molecule has 29 heavy (non-hydrogen) atoms. The van der Waals surface area contributed by atoms with Gasteiger partial charge in [-0.1, -0.05) is 30.3 Å². The van der Waals surface area contributed by atoms with Crippen LogP contribution in [0.3, 0.4) is 0 Å². The van der Waals surface area contributed by atoms with Gasteiger partial charge in [-0.05, 0) is 73.4 Å². The number of carbonyl (C=O) groups is 1. The maximum absolute atomic E-state index is 12.6. The summed E-state index contributed by atoms with van der Waals surface area (Å²) in [7, 11) is 0. The number of thioether (sulfide) groups is 1. The van der Waals surface area contributed by atoms with Crippen LogP contribution < -0.4 is 10.2 Å². The van der Waals surface area contributed by atoms with Gasteiger partial charge >= 0.3 is 0 Å². The average Bonchev–Trinajstić information content (AvgIpc) is 2.80. The molecule has 4 heteroatoms. The van der Waals surface area contributed by atoms with Crippen molar-refractivity contribution in [3.8, 4) is 0 Å². The Morgan fingerprint density at radius 2 is 1.52 bits per heavy atom. The van der Waals surface area contributed by atoms with Gasteiger partial charge in [0.05, 0.1) is 0 Å². The van der Waals surface area contributed by atoms with Gasteiger partial charge in [0.2, 0.25) is 0 Å². The molecule has 3 aromatic rings. The Kier molecular flexibility index (Phi) is 6.52. The van der Waals surface area contributed by atoms with Crippen LogP contribution in [-0.2, 0) is 5.75 Å². The number of amides is 1. The zero-order chi connectivity index (χ0) is 19.9. The van der Waals surface area contributed by atoms with Crippen molar-refractivity contribution in [1.29, 1.82) is 0 Å². The Hall–Kier alpha value is -2.72. The standard InChI is InChI=1S/C25H26N2OS/c28-25(26-22-13-15-23(16-14-22)27-17-5-2-6-18-27)21-11-9-20(10-12-21)19-29-24-7-3-1-4-8-24/h1,3-4,7-16H,2,5-6,17-19H2,(H,26,28). The van der Waals surface area contributed by atoms with Crippen LogP contribution in [0.5, 0.6) is 0 Å². The van der Waals surface area contributed by atoms with Crippen LogP contribution >= 0.6 is 11.8 Å². The summed E-state index contributed by atoms with van der Waals surface area (Å²) in [4.78, 5) is 16.2. The van der Waals surface area contributed by atoms with Crippen LogP contribution in [0.1, 0.15) is 35.2 Å². The van der Waals surface area contributed by atoms with Crippen molar-refractivity contribution in [2.24, 2.45) is 0 Å². The first-order chi connectivity index (χ1) is 14.3. The van der Waals surface area contributed by atoms with Crippen LogP contribution in [0.4, 0.5) is 11.4 Å². The number of hydrogen-bond acceptors (Lipinski definition) is 3. The third-order valence-electron chi connectivity index (χ3n) is 5.21. The molecule has 1 amide bonds. The third kappa shape index (κ3) is 5.42. The van der Waals surface area contributed by atoms with E-state index in [-0.39, 0.29) is 5.91 Å². The molecule has 0 aliphatic carbocycles. The summed E-state index contributed by atoms with van der Waals surface area (Å²) >= 11 is 1.80. The van der Waals surface area contributed by atoms with Gasteiger partial charge in [-0.3, -0.25) is 4.79 Å². The number of rotatable bonds is 6. The molecule has 1 fully saturated rings. The van der Waals surface area contributed by atoms with E-state index in [0.717, 1.165) is 24.5 Å². The molecule has 148 valence electrons. The molecule has 1 aliphatic heterocycles. The van der Waals surface area contributed by atoms with Gasteiger partial charge in [-0.25, -0.2) is 0 Å². The molecular weight excluding hydrogens is 376 g/mol. The first kappa shape index (κ1) is 19.6. The number of anilines is 2. The summed E-state index contributed by atoms with van der Waals surface area (Å²) in [5.41, 5.74) is 3.96. The van der Waals surface area contributed by atoms with Gasteiger partial charge in [0.1, 0.15) is 0 Å². The lowest BCUT2D eigenvalue weighted by Gasteiger charge is -2.28. The van der Waals surface area contributed by atoms with E-state index in [2.05, 4.69) is 46.6 Å². The minimum atomic E-state index is -0.0713. The molecule has 3 aromatic carbocycles. The number of hydrogen-bond donors (Lipinski definition) is 1. The summed E-state index contributed by atoms with van der Waals surface area (Å²) < 4.78 is 0. The van der Waals surface area contributed by atoms with Crippen molar-refractivity contribution in [3.05, 3.63) is 90.0 Å². The highest BCUT2D eigenvalue weighted by molar-refractivity contribution is 7.98. The van der Waals surface area contributed by atoms with Crippen molar-refractivity contribution in [3.63, 3.8) is 0 Å². The van der Waals surface area contributed by atoms with Crippen LogP contribution in [0.15, 0.2) is 83.8 Å². The highest BCUT2D eigenvalue weighted by Crippen LogP contribution is 2.24. The van der Waals surface area contributed by atoms with Gasteiger partial charge in [0, 0.05) is 40.7 Å². The molecule has 0 atom stereocenters. The maximum Gasteiger partial charge on any atom is 0.255 e. The van der Waals surface area contributed by atoms with Crippen LogP contribution in [-0.4, -0.2) is 19.0 Å². The predicted octanol–water partition coefficient (Wildman–Crippen LogP) is 6.22. The Labute approximate surface area is 177 Å².